The van der Waals surface area contributed by atoms with Crippen LogP contribution in [0.3, 0.4) is 0 Å². The van der Waals surface area contributed by atoms with Crippen molar-refractivity contribution in [3.63, 3.8) is 0 Å². The second-order valence-electron chi connectivity index (χ2n) is 2.97. The average molecular weight is 220 g/mol. The summed E-state index contributed by atoms with van der Waals surface area (Å²) in [6.45, 7) is 1.76. The molecule has 0 amide bonds. The molecule has 1 aliphatic rings. The van der Waals surface area contributed by atoms with Crippen LogP contribution in [0.1, 0.15) is 19.8 Å². The van der Waals surface area contributed by atoms with Crippen LogP contribution in [-0.4, -0.2) is 48.1 Å². The predicted molar refractivity (Wildman–Crippen MR) is 49.9 cm³/mol. The van der Waals surface area contributed by atoms with E-state index >= 15 is 0 Å². The van der Waals surface area contributed by atoms with Gasteiger partial charge in [-0.15, -0.1) is 0 Å². The second-order valence-corrected chi connectivity index (χ2v) is 2.97. The lowest BCUT2D eigenvalue weighted by Crippen LogP contribution is -2.18. The fourth-order valence-electron chi connectivity index (χ4n) is 0.659. The van der Waals surface area contributed by atoms with Gasteiger partial charge in [0, 0.05) is 0 Å². The predicted octanol–water partition coefficient (Wildman–Crippen LogP) is -0.774. The molecule has 1 saturated heterocycles. The van der Waals surface area contributed by atoms with Gasteiger partial charge in [-0.3, -0.25) is 9.59 Å². The maximum atomic E-state index is 10.6. The topological polar surface area (TPSA) is 93.1 Å². The smallest absolute Gasteiger partial charge is 0.306 e. The van der Waals surface area contributed by atoms with E-state index in [1.807, 2.05) is 0 Å². The Labute approximate surface area is 87.8 Å². The van der Waals surface area contributed by atoms with Crippen LogP contribution in [0.15, 0.2) is 0 Å². The van der Waals surface area contributed by atoms with Crippen LogP contribution in [0.5, 0.6) is 0 Å². The van der Waals surface area contributed by atoms with Crippen molar-refractivity contribution in [2.24, 2.45) is 0 Å². The maximum Gasteiger partial charge on any atom is 0.306 e. The fourth-order valence-corrected chi connectivity index (χ4v) is 0.659. The van der Waals surface area contributed by atoms with Crippen LogP contribution in [0.4, 0.5) is 0 Å². The summed E-state index contributed by atoms with van der Waals surface area (Å²) in [5, 5.41) is 16.0. The third kappa shape index (κ3) is 9.17. The van der Waals surface area contributed by atoms with Gasteiger partial charge >= 0.3 is 11.9 Å². The Hall–Kier alpha value is -1.14. The summed E-state index contributed by atoms with van der Waals surface area (Å²) in [6, 6.07) is 0. The zero-order valence-corrected chi connectivity index (χ0v) is 8.64. The number of ether oxygens (including phenoxy) is 2. The van der Waals surface area contributed by atoms with E-state index in [1.165, 1.54) is 6.92 Å². The molecule has 1 fully saturated rings. The zero-order valence-electron chi connectivity index (χ0n) is 8.64. The van der Waals surface area contributed by atoms with Crippen LogP contribution in [-0.2, 0) is 19.1 Å². The van der Waals surface area contributed by atoms with E-state index in [1.54, 1.807) is 0 Å². The zero-order chi connectivity index (χ0) is 11.7. The minimum Gasteiger partial charge on any atom is -0.462 e. The molecule has 1 unspecified atom stereocenters. The Kier molecular flexibility index (Phi) is 7.57. The van der Waals surface area contributed by atoms with Gasteiger partial charge in [-0.25, -0.2) is 0 Å². The largest absolute Gasteiger partial charge is 0.462 e. The first kappa shape index (κ1) is 13.9. The number of carbonyl (C=O) groups is 2. The van der Waals surface area contributed by atoms with Gasteiger partial charge in [0.05, 0.1) is 25.6 Å². The minimum absolute atomic E-state index is 0.138. The van der Waals surface area contributed by atoms with Crippen LogP contribution in [0, 0.1) is 0 Å². The van der Waals surface area contributed by atoms with Gasteiger partial charge in [0.1, 0.15) is 13.2 Å². The number of aliphatic hydroxyl groups excluding tert-OH is 2. The summed E-state index contributed by atoms with van der Waals surface area (Å²) >= 11 is 0. The molecule has 1 heterocycles. The Bertz CT molecular complexity index is 183. The lowest BCUT2D eigenvalue weighted by Gasteiger charge is -2.09. The number of hydrogen-bond acceptors (Lipinski definition) is 6. The van der Waals surface area contributed by atoms with Crippen LogP contribution >= 0.6 is 0 Å². The number of hydrogen-bond donors (Lipinski definition) is 2. The monoisotopic (exact) mass is 220 g/mol. The molecule has 0 bridgehead atoms. The van der Waals surface area contributed by atoms with Crippen LogP contribution in [0.2, 0.25) is 0 Å². The summed E-state index contributed by atoms with van der Waals surface area (Å²) in [4.78, 5) is 21.1. The number of carbonyl (C=O) groups excluding carboxylic acids is 2. The maximum absolute atomic E-state index is 10.6. The Morgan fingerprint density at radius 3 is 1.80 bits per heavy atom. The van der Waals surface area contributed by atoms with E-state index in [0.717, 1.165) is 0 Å². The molecule has 0 radical (unpaired) electrons. The van der Waals surface area contributed by atoms with Crippen molar-refractivity contribution in [2.75, 3.05) is 19.8 Å². The Morgan fingerprint density at radius 1 is 1.20 bits per heavy atom. The highest BCUT2D eigenvalue weighted by atomic mass is 16.6. The van der Waals surface area contributed by atoms with Crippen LogP contribution < -0.4 is 0 Å². The van der Waals surface area contributed by atoms with Crippen molar-refractivity contribution in [3.8, 4) is 0 Å². The van der Waals surface area contributed by atoms with Gasteiger partial charge in [-0.05, 0) is 6.92 Å². The van der Waals surface area contributed by atoms with E-state index < -0.39 is 6.10 Å². The second kappa shape index (κ2) is 8.19. The van der Waals surface area contributed by atoms with Gasteiger partial charge in [-0.1, -0.05) is 0 Å². The average Bonchev–Trinajstić information content (AvgIpc) is 2.20. The molecule has 1 rings (SSSR count). The third-order valence-electron chi connectivity index (χ3n) is 1.41. The number of aliphatic hydroxyl groups is 2. The van der Waals surface area contributed by atoms with E-state index in [9.17, 15) is 9.59 Å². The SMILES string of the molecule is CC(O)CO.O=C1CCC(=O)OCCO1. The number of rotatable bonds is 1. The summed E-state index contributed by atoms with van der Waals surface area (Å²) in [7, 11) is 0. The summed E-state index contributed by atoms with van der Waals surface area (Å²) in [5.41, 5.74) is 0. The fraction of sp³-hybridized carbons (Fsp3) is 0.778. The standard InChI is InChI=1S/C6H8O4.C3H8O2/c7-5-1-2-6(8)10-4-3-9-5;1-3(5)2-4/h1-4H2;3-5H,2H2,1H3. The van der Waals surface area contributed by atoms with Crippen molar-refractivity contribution in [1.82, 2.24) is 0 Å². The molecule has 6 heteroatoms. The molecule has 0 aromatic carbocycles. The molecular formula is C9H16O6. The first-order valence-corrected chi connectivity index (χ1v) is 4.66. The molecule has 6 nitrogen and oxygen atoms in total. The van der Waals surface area contributed by atoms with Gasteiger partial charge in [0.15, 0.2) is 0 Å². The molecular weight excluding hydrogens is 204 g/mol. The van der Waals surface area contributed by atoms with Gasteiger partial charge in [0.2, 0.25) is 0 Å². The first-order valence-electron chi connectivity index (χ1n) is 4.66. The molecule has 88 valence electrons. The summed E-state index contributed by atoms with van der Waals surface area (Å²) in [5.74, 6) is -0.645. The molecule has 0 saturated carbocycles. The molecule has 2 N–H and O–H groups in total. The molecule has 0 spiro atoms. The van der Waals surface area contributed by atoms with Crippen molar-refractivity contribution >= 4 is 11.9 Å². The van der Waals surface area contributed by atoms with Crippen molar-refractivity contribution in [2.45, 2.75) is 25.9 Å². The normalized spacial score (nSPS) is 18.6. The molecule has 1 aliphatic heterocycles. The Balaban J connectivity index is 0.000000336. The molecule has 15 heavy (non-hydrogen) atoms. The van der Waals surface area contributed by atoms with Gasteiger partial charge in [-0.2, -0.15) is 0 Å². The lowest BCUT2D eigenvalue weighted by atomic mass is 10.3. The highest BCUT2D eigenvalue weighted by Gasteiger charge is 2.12. The van der Waals surface area contributed by atoms with Crippen LogP contribution in [0.25, 0.3) is 0 Å². The highest BCUT2D eigenvalue weighted by molar-refractivity contribution is 5.78. The van der Waals surface area contributed by atoms with Crippen molar-refractivity contribution in [1.29, 1.82) is 0 Å². The number of esters is 2. The van der Waals surface area contributed by atoms with Gasteiger partial charge in [0.25, 0.3) is 0 Å². The molecule has 0 aliphatic carbocycles. The lowest BCUT2D eigenvalue weighted by molar-refractivity contribution is -0.158. The van der Waals surface area contributed by atoms with E-state index in [2.05, 4.69) is 9.47 Å². The summed E-state index contributed by atoms with van der Waals surface area (Å²) in [6.07, 6.45) is -0.285. The van der Waals surface area contributed by atoms with Crippen molar-refractivity contribution in [3.05, 3.63) is 0 Å². The molecule has 0 aromatic heterocycles. The highest BCUT2D eigenvalue weighted by Crippen LogP contribution is 1.99. The minimum atomic E-state index is -0.560. The molecule has 0 aromatic rings. The molecule has 1 atom stereocenters. The van der Waals surface area contributed by atoms with E-state index in [0.29, 0.717) is 0 Å². The van der Waals surface area contributed by atoms with E-state index in [4.69, 9.17) is 10.2 Å². The van der Waals surface area contributed by atoms with Crippen molar-refractivity contribution < 1.29 is 29.3 Å². The first-order chi connectivity index (χ1) is 7.06. The van der Waals surface area contributed by atoms with E-state index in [-0.39, 0.29) is 44.6 Å². The Morgan fingerprint density at radius 2 is 1.53 bits per heavy atom. The van der Waals surface area contributed by atoms with Gasteiger partial charge < -0.3 is 19.7 Å². The summed E-state index contributed by atoms with van der Waals surface area (Å²) < 4.78 is 9.23. The quantitative estimate of drug-likeness (QED) is 0.563. The number of cyclic esters (lactones) is 2. The third-order valence-corrected chi connectivity index (χ3v) is 1.41.